The van der Waals surface area contributed by atoms with E-state index in [1.54, 1.807) is 29.2 Å². The molecule has 0 radical (unpaired) electrons. The Morgan fingerprint density at radius 2 is 1.60 bits per heavy atom. The molecule has 0 spiro atoms. The molecule has 0 aromatic heterocycles. The van der Waals surface area contributed by atoms with Crippen LogP contribution in [0.25, 0.3) is 0 Å². The van der Waals surface area contributed by atoms with Crippen molar-refractivity contribution in [2.24, 2.45) is 22.9 Å². The lowest BCUT2D eigenvalue weighted by Crippen LogP contribution is -2.70. The monoisotopic (exact) mass is 861 g/mol. The quantitative estimate of drug-likeness (QED) is 0.0450. The summed E-state index contributed by atoms with van der Waals surface area (Å²) in [4.78, 5) is 22.5. The highest BCUT2D eigenvalue weighted by molar-refractivity contribution is 6.03. The normalized spacial score (nSPS) is 23.8. The van der Waals surface area contributed by atoms with Gasteiger partial charge in [-0.05, 0) is 92.3 Å². The number of fused-ring (bicyclic) bond motifs is 3. The zero-order chi connectivity index (χ0) is 43.7. The Kier molecular flexibility index (Phi) is 18.3. The van der Waals surface area contributed by atoms with Gasteiger partial charge in [-0.15, -0.1) is 6.58 Å². The zero-order valence-electron chi connectivity index (χ0n) is 37.3. The number of carbonyl (C=O) groups is 1. The maximum Gasteiger partial charge on any atom is 0.410 e. The molecule has 62 heavy (non-hydrogen) atoms. The summed E-state index contributed by atoms with van der Waals surface area (Å²) in [6, 6.07) is 10.2. The number of oxime groups is 1. The van der Waals surface area contributed by atoms with Crippen LogP contribution in [0.15, 0.2) is 65.9 Å². The second-order valence-electron chi connectivity index (χ2n) is 17.3. The summed E-state index contributed by atoms with van der Waals surface area (Å²) < 4.78 is 32.0. The Balaban J connectivity index is 1.41. The molecule has 4 aliphatic rings. The maximum absolute atomic E-state index is 14.9. The number of rotatable bonds is 27. The number of unbranched alkanes of at least 4 members (excludes halogenated alkanes) is 11. The van der Waals surface area contributed by atoms with E-state index < -0.39 is 23.8 Å². The largest absolute Gasteiger partial charge is 0.508 e. The molecule has 2 aromatic rings. The smallest absolute Gasteiger partial charge is 0.410 e. The van der Waals surface area contributed by atoms with Crippen LogP contribution in [-0.2, 0) is 20.9 Å². The maximum atomic E-state index is 14.9. The van der Waals surface area contributed by atoms with E-state index in [0.717, 1.165) is 61.6 Å². The third-order valence-electron chi connectivity index (χ3n) is 13.1. The number of benzene rings is 2. The molecule has 3 N–H and O–H groups in total. The number of amides is 1. The Bertz CT molecular complexity index is 1800. The highest BCUT2D eigenvalue weighted by Gasteiger charge is 2.65. The molecule has 0 saturated heterocycles. The summed E-state index contributed by atoms with van der Waals surface area (Å²) >= 11 is 0. The number of phenols is 1. The number of hydrogen-bond donors (Lipinski definition) is 3. The first-order chi connectivity index (χ1) is 30.4. The number of hydrogen-bond acceptors (Lipinski definition) is 11. The van der Waals surface area contributed by atoms with Crippen LogP contribution in [0.5, 0.6) is 23.0 Å². The third-order valence-corrected chi connectivity index (χ3v) is 13.1. The van der Waals surface area contributed by atoms with Gasteiger partial charge in [0.25, 0.3) is 0 Å². The summed E-state index contributed by atoms with van der Waals surface area (Å²) in [6.45, 7) is 9.43. The van der Waals surface area contributed by atoms with Crippen molar-refractivity contribution in [3.8, 4) is 23.0 Å². The van der Waals surface area contributed by atoms with Crippen LogP contribution in [0.3, 0.4) is 0 Å². The topological polar surface area (TPSA) is 149 Å². The molecule has 12 heteroatoms. The van der Waals surface area contributed by atoms with Crippen molar-refractivity contribution in [2.75, 3.05) is 39.8 Å². The van der Waals surface area contributed by atoms with Crippen molar-refractivity contribution >= 4 is 11.8 Å². The molecule has 1 saturated carbocycles. The van der Waals surface area contributed by atoms with E-state index in [4.69, 9.17) is 33.7 Å². The molecule has 1 amide bonds. The zero-order valence-corrected chi connectivity index (χ0v) is 37.3. The minimum atomic E-state index is -1.45. The fourth-order valence-corrected chi connectivity index (χ4v) is 10.2. The average Bonchev–Trinajstić information content (AvgIpc) is 3.75. The second kappa shape index (κ2) is 24.0. The number of aliphatic hydroxyl groups excluding tert-OH is 2. The van der Waals surface area contributed by atoms with Crippen LogP contribution in [-0.4, -0.2) is 83.7 Å². The number of phenolic OH excluding ortho intramolecular Hbond substituents is 1. The summed E-state index contributed by atoms with van der Waals surface area (Å²) in [5.74, 6) is -0.0812. The molecule has 12 nitrogen and oxygen atoms in total. The molecule has 6 atom stereocenters. The number of nitrogens with zero attached hydrogens (tertiary/aromatic N) is 2. The highest BCUT2D eigenvalue weighted by Crippen LogP contribution is 2.62. The molecule has 0 bridgehead atoms. The molecular weight excluding hydrogens is 789 g/mol. The van der Waals surface area contributed by atoms with Gasteiger partial charge in [-0.25, -0.2) is 4.79 Å². The van der Waals surface area contributed by atoms with Gasteiger partial charge in [0.05, 0.1) is 24.8 Å². The Morgan fingerprint density at radius 1 is 0.887 bits per heavy atom. The Morgan fingerprint density at radius 3 is 2.32 bits per heavy atom. The van der Waals surface area contributed by atoms with Crippen molar-refractivity contribution in [1.82, 2.24) is 4.90 Å². The van der Waals surface area contributed by atoms with Crippen LogP contribution >= 0.6 is 0 Å². The van der Waals surface area contributed by atoms with Gasteiger partial charge in [0.1, 0.15) is 24.1 Å². The van der Waals surface area contributed by atoms with Gasteiger partial charge in [-0.2, -0.15) is 0 Å². The van der Waals surface area contributed by atoms with Gasteiger partial charge < -0.3 is 43.8 Å². The average molecular weight is 861 g/mol. The summed E-state index contributed by atoms with van der Waals surface area (Å²) in [6.07, 6.45) is 20.1. The summed E-state index contributed by atoms with van der Waals surface area (Å²) in [7, 11) is 0. The number of allylic oxidation sites excluding steroid dienone is 1. The number of aromatic hydroxyl groups is 1. The first kappa shape index (κ1) is 47.2. The molecule has 2 aromatic carbocycles. The van der Waals surface area contributed by atoms with E-state index in [1.807, 2.05) is 25.1 Å². The summed E-state index contributed by atoms with van der Waals surface area (Å²) in [5.41, 5.74) is 3.32. The first-order valence-electron chi connectivity index (χ1n) is 23.6. The van der Waals surface area contributed by atoms with Crippen molar-refractivity contribution in [1.29, 1.82) is 0 Å². The fourth-order valence-electron chi connectivity index (χ4n) is 10.2. The number of ether oxygens (including phenoxy) is 5. The van der Waals surface area contributed by atoms with E-state index in [-0.39, 0.29) is 69.7 Å². The Hall–Kier alpha value is -4.26. The highest BCUT2D eigenvalue weighted by atomic mass is 16.7. The third kappa shape index (κ3) is 11.5. The molecular formula is C50H72N2O10. The van der Waals surface area contributed by atoms with Crippen LogP contribution in [0.2, 0.25) is 0 Å². The molecule has 1 fully saturated rings. The van der Waals surface area contributed by atoms with Crippen molar-refractivity contribution in [3.63, 3.8) is 0 Å². The molecule has 2 aliphatic carbocycles. The van der Waals surface area contributed by atoms with Gasteiger partial charge >= 0.3 is 6.09 Å². The molecule has 2 aliphatic heterocycles. The standard InChI is InChI=1S/C50H72N2O10/c1-4-7-8-9-10-11-12-13-14-19-29-57-49(56)52(34-36-22-24-44-45(30-36)59-35-58-44)46-33-42(51-61-6-3)40-31-37(20-15-17-26-53)39(21-16-18-27-54)47-41-32-38(55)23-25-43(41)62-50(46,48(40)47)60-28-5-2/h5,22-25,30-32,37,39,46-48,53-55H,2,4,6-21,26-29,33-35H2,1,3H3/t37-,39+,46-,47+,48+,50+/m0/s1. The lowest BCUT2D eigenvalue weighted by Gasteiger charge is -2.59. The van der Waals surface area contributed by atoms with Gasteiger partial charge in [0.2, 0.25) is 12.6 Å². The lowest BCUT2D eigenvalue weighted by molar-refractivity contribution is -0.256. The van der Waals surface area contributed by atoms with Gasteiger partial charge in [0.15, 0.2) is 11.5 Å². The molecule has 6 rings (SSSR count). The SMILES string of the molecule is C=CCO[C@@]12Oc3ccc(O)cc3[C@H]3[C@H](CCCCO)[C@@H](CCCCO)C=C(C(=NOCC)C[C@@H]1N(Cc1ccc4c(c1)OCO4)C(=O)OCCCCCCCCCCCC)[C@H]32. The van der Waals surface area contributed by atoms with E-state index in [2.05, 4.69) is 19.6 Å². The number of carbonyl (C=O) groups excluding carboxylic acids is 1. The summed E-state index contributed by atoms with van der Waals surface area (Å²) in [5, 5.41) is 35.5. The minimum absolute atomic E-state index is 0.0443. The molecule has 2 heterocycles. The van der Waals surface area contributed by atoms with E-state index in [9.17, 15) is 20.1 Å². The molecule has 0 unspecified atom stereocenters. The number of aliphatic hydroxyl groups is 2. The van der Waals surface area contributed by atoms with Crippen LogP contribution in [0.4, 0.5) is 4.79 Å². The van der Waals surface area contributed by atoms with Crippen LogP contribution in [0, 0.1) is 17.8 Å². The van der Waals surface area contributed by atoms with Gasteiger partial charge in [0, 0.05) is 37.7 Å². The van der Waals surface area contributed by atoms with Crippen LogP contribution in [0.1, 0.15) is 140 Å². The fraction of sp³-hybridized carbons (Fsp3) is 0.640. The molecule has 342 valence electrons. The van der Waals surface area contributed by atoms with Crippen molar-refractivity contribution in [3.05, 3.63) is 71.8 Å². The first-order valence-corrected chi connectivity index (χ1v) is 23.6. The van der Waals surface area contributed by atoms with Gasteiger partial charge in [-0.1, -0.05) is 101 Å². The lowest BCUT2D eigenvalue weighted by atomic mass is 9.55. The predicted octanol–water partition coefficient (Wildman–Crippen LogP) is 10.3. The van der Waals surface area contributed by atoms with Gasteiger partial charge in [-0.3, -0.25) is 4.90 Å². The minimum Gasteiger partial charge on any atom is -0.508 e. The van der Waals surface area contributed by atoms with Crippen molar-refractivity contribution < 1.29 is 48.6 Å². The van der Waals surface area contributed by atoms with Crippen molar-refractivity contribution in [2.45, 2.75) is 147 Å². The van der Waals surface area contributed by atoms with E-state index in [1.165, 1.54) is 44.9 Å². The predicted molar refractivity (Wildman–Crippen MR) is 240 cm³/mol. The Labute approximate surface area is 369 Å². The van der Waals surface area contributed by atoms with E-state index in [0.29, 0.717) is 42.4 Å². The second-order valence-corrected chi connectivity index (χ2v) is 17.3. The van der Waals surface area contributed by atoms with Crippen LogP contribution < -0.4 is 14.2 Å². The van der Waals surface area contributed by atoms with E-state index >= 15 is 0 Å².